The van der Waals surface area contributed by atoms with E-state index in [0.717, 1.165) is 11.1 Å². The van der Waals surface area contributed by atoms with E-state index in [2.05, 4.69) is 11.9 Å². The average Bonchev–Trinajstić information content (AvgIpc) is 3.01. The molecule has 28 heavy (non-hydrogen) atoms. The van der Waals surface area contributed by atoms with Gasteiger partial charge in [0, 0.05) is 7.05 Å². The zero-order valence-corrected chi connectivity index (χ0v) is 16.0. The molecule has 7 nitrogen and oxygen atoms in total. The first kappa shape index (κ1) is 19.8. The first-order valence-corrected chi connectivity index (χ1v) is 9.21. The quantitative estimate of drug-likeness (QED) is 0.416. The number of carbonyl (C=O) groups excluding carboxylic acids is 3. The molecule has 2 N–H and O–H groups in total. The van der Waals surface area contributed by atoms with Crippen LogP contribution in [0.3, 0.4) is 0 Å². The summed E-state index contributed by atoms with van der Waals surface area (Å²) in [5.41, 5.74) is 2.58. The van der Waals surface area contributed by atoms with Crippen molar-refractivity contribution in [2.45, 2.75) is 31.9 Å². The highest BCUT2D eigenvalue weighted by molar-refractivity contribution is 6.06. The third-order valence-corrected chi connectivity index (χ3v) is 5.20. The number of β-lactam (4-membered cyclic amide) rings is 1. The summed E-state index contributed by atoms with van der Waals surface area (Å²) in [6.45, 7) is 5.17. The first-order chi connectivity index (χ1) is 13.4. The fourth-order valence-corrected chi connectivity index (χ4v) is 3.82. The van der Waals surface area contributed by atoms with Crippen molar-refractivity contribution in [3.8, 4) is 0 Å². The number of ether oxygens (including phenoxy) is 1. The number of hydrogen-bond acceptors (Lipinski definition) is 5. The molecule has 148 valence electrons. The van der Waals surface area contributed by atoms with Gasteiger partial charge in [-0.1, -0.05) is 36.9 Å². The molecule has 0 bridgehead atoms. The van der Waals surface area contributed by atoms with Crippen molar-refractivity contribution in [3.63, 3.8) is 0 Å². The van der Waals surface area contributed by atoms with Gasteiger partial charge < -0.3 is 20.1 Å². The Kier molecular flexibility index (Phi) is 5.65. The molecule has 2 heterocycles. The lowest BCUT2D eigenvalue weighted by atomic mass is 9.82. The Labute approximate surface area is 163 Å². The van der Waals surface area contributed by atoms with Crippen molar-refractivity contribution < 1.29 is 24.2 Å². The molecular weight excluding hydrogens is 360 g/mol. The Morgan fingerprint density at radius 2 is 2.07 bits per heavy atom. The normalized spacial score (nSPS) is 21.7. The molecule has 1 aromatic rings. The second kappa shape index (κ2) is 7.98. The summed E-state index contributed by atoms with van der Waals surface area (Å²) in [5, 5.41) is 12.5. The van der Waals surface area contributed by atoms with E-state index in [-0.39, 0.29) is 36.6 Å². The molecule has 1 unspecified atom stereocenters. The Balaban J connectivity index is 1.92. The van der Waals surface area contributed by atoms with Gasteiger partial charge in [0.25, 0.3) is 0 Å². The number of nitrogens with one attached hydrogen (secondary N) is 1. The number of aliphatic hydroxyl groups is 1. The lowest BCUT2D eigenvalue weighted by Crippen LogP contribution is -2.61. The van der Waals surface area contributed by atoms with E-state index in [9.17, 15) is 19.5 Å². The molecule has 0 saturated carbocycles. The van der Waals surface area contributed by atoms with Gasteiger partial charge in [0.1, 0.15) is 12.3 Å². The minimum absolute atomic E-state index is 0.0488. The first-order valence-electron chi connectivity index (χ1n) is 9.21. The number of fused-ring (bicyclic) bond motifs is 1. The minimum Gasteiger partial charge on any atom is -0.457 e. The number of hydrogen-bond donors (Lipinski definition) is 2. The highest BCUT2D eigenvalue weighted by Gasteiger charge is 2.56. The molecule has 3 atom stereocenters. The molecule has 3 rings (SSSR count). The van der Waals surface area contributed by atoms with E-state index in [4.69, 9.17) is 4.74 Å². The maximum atomic E-state index is 12.6. The average molecular weight is 384 g/mol. The van der Waals surface area contributed by atoms with Gasteiger partial charge >= 0.3 is 5.97 Å². The Hall–Kier alpha value is -2.93. The predicted octanol–water partition coefficient (Wildman–Crippen LogP) is 1.03. The van der Waals surface area contributed by atoms with Gasteiger partial charge in [-0.3, -0.25) is 9.59 Å². The van der Waals surface area contributed by atoms with Gasteiger partial charge in [-0.05, 0) is 30.0 Å². The molecule has 7 heteroatoms. The maximum Gasteiger partial charge on any atom is 0.355 e. The number of carbonyl (C=O) groups is 3. The molecule has 1 aromatic carbocycles. The van der Waals surface area contributed by atoms with E-state index in [1.165, 1.54) is 11.0 Å². The van der Waals surface area contributed by atoms with Crippen LogP contribution in [0.4, 0.5) is 0 Å². The Morgan fingerprint density at radius 3 is 2.64 bits per heavy atom. The van der Waals surface area contributed by atoms with Crippen LogP contribution in [0.5, 0.6) is 0 Å². The molecule has 1 saturated heterocycles. The fourth-order valence-electron chi connectivity index (χ4n) is 3.82. The SMILES string of the molecule is C=CCOC(=O)C1=C(c2ccc(CC(=O)NC)cc2)CC2[C@@H]([C@@H](C)O)C(=O)N12. The summed E-state index contributed by atoms with van der Waals surface area (Å²) in [6, 6.07) is 7.07. The highest BCUT2D eigenvalue weighted by atomic mass is 16.5. The van der Waals surface area contributed by atoms with Gasteiger partial charge in [0.15, 0.2) is 0 Å². The highest BCUT2D eigenvalue weighted by Crippen LogP contribution is 2.47. The monoisotopic (exact) mass is 384 g/mol. The molecule has 0 spiro atoms. The third-order valence-electron chi connectivity index (χ3n) is 5.20. The van der Waals surface area contributed by atoms with E-state index in [1.807, 2.05) is 24.3 Å². The number of aliphatic hydroxyl groups excluding tert-OH is 1. The van der Waals surface area contributed by atoms with Gasteiger partial charge in [-0.15, -0.1) is 0 Å². The number of esters is 1. The molecule has 0 radical (unpaired) electrons. The van der Waals surface area contributed by atoms with Crippen LogP contribution in [-0.2, 0) is 25.5 Å². The smallest absolute Gasteiger partial charge is 0.355 e. The predicted molar refractivity (Wildman–Crippen MR) is 103 cm³/mol. The molecule has 2 amide bonds. The summed E-state index contributed by atoms with van der Waals surface area (Å²) in [7, 11) is 1.58. The van der Waals surface area contributed by atoms with E-state index >= 15 is 0 Å². The van der Waals surface area contributed by atoms with Crippen LogP contribution in [0.25, 0.3) is 5.57 Å². The zero-order chi connectivity index (χ0) is 20.4. The van der Waals surface area contributed by atoms with Crippen molar-refractivity contribution in [3.05, 3.63) is 53.7 Å². The van der Waals surface area contributed by atoms with Crippen molar-refractivity contribution in [1.82, 2.24) is 10.2 Å². The van der Waals surface area contributed by atoms with Crippen LogP contribution in [0.2, 0.25) is 0 Å². The van der Waals surface area contributed by atoms with Crippen molar-refractivity contribution in [2.24, 2.45) is 5.92 Å². The van der Waals surface area contributed by atoms with Gasteiger partial charge in [0.2, 0.25) is 11.8 Å². The number of benzene rings is 1. The lowest BCUT2D eigenvalue weighted by molar-refractivity contribution is -0.162. The summed E-state index contributed by atoms with van der Waals surface area (Å²) < 4.78 is 5.19. The van der Waals surface area contributed by atoms with Crippen LogP contribution >= 0.6 is 0 Å². The Bertz CT molecular complexity index is 841. The second-order valence-corrected chi connectivity index (χ2v) is 7.01. The lowest BCUT2D eigenvalue weighted by Gasteiger charge is -2.44. The van der Waals surface area contributed by atoms with Gasteiger partial charge in [0.05, 0.1) is 24.5 Å². The van der Waals surface area contributed by atoms with E-state index in [1.54, 1.807) is 14.0 Å². The number of amides is 2. The largest absolute Gasteiger partial charge is 0.457 e. The van der Waals surface area contributed by atoms with Crippen LogP contribution in [-0.4, -0.2) is 53.6 Å². The topological polar surface area (TPSA) is 95.9 Å². The summed E-state index contributed by atoms with van der Waals surface area (Å²) in [4.78, 5) is 38.1. The number of nitrogens with zero attached hydrogens (tertiary/aromatic N) is 1. The summed E-state index contributed by atoms with van der Waals surface area (Å²) in [5.74, 6) is -1.45. The molecule has 2 aliphatic rings. The summed E-state index contributed by atoms with van der Waals surface area (Å²) >= 11 is 0. The van der Waals surface area contributed by atoms with E-state index in [0.29, 0.717) is 12.0 Å². The number of rotatable bonds is 7. The van der Waals surface area contributed by atoms with Crippen LogP contribution in [0.15, 0.2) is 42.6 Å². The summed E-state index contributed by atoms with van der Waals surface area (Å²) in [6.07, 6.45) is 1.42. The molecular formula is C21H24N2O5. The van der Waals surface area contributed by atoms with Gasteiger partial charge in [-0.2, -0.15) is 0 Å². The molecule has 0 aromatic heterocycles. The zero-order valence-electron chi connectivity index (χ0n) is 16.0. The van der Waals surface area contributed by atoms with Crippen molar-refractivity contribution >= 4 is 23.4 Å². The van der Waals surface area contributed by atoms with Crippen molar-refractivity contribution in [2.75, 3.05) is 13.7 Å². The molecule has 2 aliphatic heterocycles. The van der Waals surface area contributed by atoms with E-state index < -0.39 is 18.0 Å². The minimum atomic E-state index is -0.784. The Morgan fingerprint density at radius 1 is 1.39 bits per heavy atom. The number of likely N-dealkylation sites (N-methyl/N-ethyl adjacent to an activating group) is 1. The van der Waals surface area contributed by atoms with Crippen LogP contribution in [0, 0.1) is 5.92 Å². The molecule has 1 fully saturated rings. The molecule has 0 aliphatic carbocycles. The fraction of sp³-hybridized carbons (Fsp3) is 0.381. The van der Waals surface area contributed by atoms with Crippen LogP contribution < -0.4 is 5.32 Å². The second-order valence-electron chi connectivity index (χ2n) is 7.01. The third kappa shape index (κ3) is 3.45. The standard InChI is InChI=1S/C21H24N2O5/c1-4-9-28-21(27)19-15(11-16-18(12(2)24)20(26)23(16)19)14-7-5-13(6-8-14)10-17(25)22-3/h4-8,12,16,18,24H,1,9-11H2,2-3H3,(H,22,25)/t12-,16?,18-/m1/s1. The van der Waals surface area contributed by atoms with Crippen LogP contribution in [0.1, 0.15) is 24.5 Å². The van der Waals surface area contributed by atoms with Gasteiger partial charge in [-0.25, -0.2) is 4.79 Å². The van der Waals surface area contributed by atoms with Crippen molar-refractivity contribution in [1.29, 1.82) is 0 Å². The maximum absolute atomic E-state index is 12.6.